The van der Waals surface area contributed by atoms with Crippen LogP contribution >= 0.6 is 0 Å². The number of aromatic nitrogens is 1. The van der Waals surface area contributed by atoms with Gasteiger partial charge in [-0.2, -0.15) is 0 Å². The summed E-state index contributed by atoms with van der Waals surface area (Å²) in [6.07, 6.45) is 2.68. The molecule has 0 amide bonds. The van der Waals surface area contributed by atoms with Gasteiger partial charge in [-0.25, -0.2) is 9.78 Å². The molecule has 5 nitrogen and oxygen atoms in total. The Hall–Kier alpha value is -3.60. The normalized spacial score (nSPS) is 10.6. The number of oxazole rings is 1. The molecule has 2 heterocycles. The molecule has 4 rings (SSSR count). The van der Waals surface area contributed by atoms with E-state index in [9.17, 15) is 4.79 Å². The molecule has 2 aromatic heterocycles. The van der Waals surface area contributed by atoms with E-state index in [1.165, 1.54) is 12.7 Å². The summed E-state index contributed by atoms with van der Waals surface area (Å²) in [6, 6.07) is 20.6. The van der Waals surface area contributed by atoms with Crippen LogP contribution in [0.15, 0.2) is 88.2 Å². The Morgan fingerprint density at radius 3 is 2.32 bits per heavy atom. The second-order valence-electron chi connectivity index (χ2n) is 5.29. The lowest BCUT2D eigenvalue weighted by molar-refractivity contribution is 0.0729. The lowest BCUT2D eigenvalue weighted by Gasteiger charge is -2.05. The van der Waals surface area contributed by atoms with Gasteiger partial charge < -0.3 is 13.6 Å². The van der Waals surface area contributed by atoms with Crippen molar-refractivity contribution in [3.05, 3.63) is 85.1 Å². The highest BCUT2D eigenvalue weighted by atomic mass is 16.5. The van der Waals surface area contributed by atoms with Crippen LogP contribution in [-0.2, 0) is 0 Å². The van der Waals surface area contributed by atoms with Crippen molar-refractivity contribution in [2.24, 2.45) is 0 Å². The number of nitrogens with zero attached hydrogens (tertiary/aromatic N) is 1. The minimum Gasteiger partial charge on any atom is -0.461 e. The lowest BCUT2D eigenvalue weighted by Crippen LogP contribution is -2.10. The number of carbonyl (C=O) groups excluding carboxylic acids is 1. The molecular weight excluding hydrogens is 318 g/mol. The third-order valence-corrected chi connectivity index (χ3v) is 3.68. The van der Waals surface area contributed by atoms with Gasteiger partial charge in [-0.05, 0) is 35.4 Å². The molecule has 4 aromatic rings. The van der Waals surface area contributed by atoms with Gasteiger partial charge in [-0.15, -0.1) is 0 Å². The van der Waals surface area contributed by atoms with Crippen molar-refractivity contribution in [1.29, 1.82) is 0 Å². The highest BCUT2D eigenvalue weighted by Crippen LogP contribution is 2.26. The summed E-state index contributed by atoms with van der Waals surface area (Å²) in [5, 5.41) is 0. The van der Waals surface area contributed by atoms with Gasteiger partial charge in [0.15, 0.2) is 17.8 Å². The monoisotopic (exact) mass is 331 g/mol. The van der Waals surface area contributed by atoms with Gasteiger partial charge in [0.05, 0.1) is 6.26 Å². The van der Waals surface area contributed by atoms with E-state index in [1.54, 1.807) is 24.3 Å². The van der Waals surface area contributed by atoms with E-state index < -0.39 is 5.97 Å². The summed E-state index contributed by atoms with van der Waals surface area (Å²) in [5.74, 6) is 0.491. The molecular formula is C20H13NO4. The first-order chi connectivity index (χ1) is 12.3. The average molecular weight is 331 g/mol. The predicted molar refractivity (Wildman–Crippen MR) is 91.0 cm³/mol. The second kappa shape index (κ2) is 6.49. The van der Waals surface area contributed by atoms with Crippen LogP contribution in [0.25, 0.3) is 22.6 Å². The Morgan fingerprint density at radius 2 is 1.60 bits per heavy atom. The third-order valence-electron chi connectivity index (χ3n) is 3.68. The number of ether oxygens (including phenoxy) is 1. The van der Waals surface area contributed by atoms with E-state index >= 15 is 0 Å². The molecule has 0 spiro atoms. The molecule has 0 aliphatic rings. The molecule has 0 fully saturated rings. The van der Waals surface area contributed by atoms with E-state index in [-0.39, 0.29) is 11.5 Å². The molecule has 5 heteroatoms. The van der Waals surface area contributed by atoms with Crippen molar-refractivity contribution in [1.82, 2.24) is 4.98 Å². The van der Waals surface area contributed by atoms with Gasteiger partial charge in [0, 0.05) is 0 Å². The van der Waals surface area contributed by atoms with E-state index in [0.29, 0.717) is 11.5 Å². The molecule has 0 saturated carbocycles. The SMILES string of the molecule is O=C(Oc1ccc(-c2ccccc2)cc1)c1ncoc1-c1ccco1. The van der Waals surface area contributed by atoms with Crippen LogP contribution in [0.2, 0.25) is 0 Å². The van der Waals surface area contributed by atoms with Gasteiger partial charge in [0.2, 0.25) is 5.76 Å². The third kappa shape index (κ3) is 3.07. The van der Waals surface area contributed by atoms with Crippen molar-refractivity contribution in [3.63, 3.8) is 0 Å². The highest BCUT2D eigenvalue weighted by molar-refractivity contribution is 5.94. The fraction of sp³-hybridized carbons (Fsp3) is 0. The second-order valence-corrected chi connectivity index (χ2v) is 5.29. The number of carbonyl (C=O) groups is 1. The number of esters is 1. The van der Waals surface area contributed by atoms with Crippen LogP contribution in [-0.4, -0.2) is 11.0 Å². The first-order valence-electron chi connectivity index (χ1n) is 7.66. The maximum Gasteiger partial charge on any atom is 0.366 e. The number of furan rings is 1. The summed E-state index contributed by atoms with van der Waals surface area (Å²) < 4.78 is 15.9. The lowest BCUT2D eigenvalue weighted by atomic mass is 10.1. The zero-order valence-electron chi connectivity index (χ0n) is 13.1. The van der Waals surface area contributed by atoms with Crippen molar-refractivity contribution < 1.29 is 18.4 Å². The number of hydrogen-bond donors (Lipinski definition) is 0. The largest absolute Gasteiger partial charge is 0.461 e. The maximum atomic E-state index is 12.4. The highest BCUT2D eigenvalue weighted by Gasteiger charge is 2.22. The standard InChI is InChI=1S/C20H13NO4/c22-20(18-19(24-13-21-18)17-7-4-12-23-17)25-16-10-8-15(9-11-16)14-5-2-1-3-6-14/h1-13H. The number of rotatable bonds is 4. The number of hydrogen-bond acceptors (Lipinski definition) is 5. The first kappa shape index (κ1) is 15.0. The summed E-state index contributed by atoms with van der Waals surface area (Å²) in [6.45, 7) is 0. The van der Waals surface area contributed by atoms with Crippen LogP contribution in [0.4, 0.5) is 0 Å². The average Bonchev–Trinajstić information content (AvgIpc) is 3.34. The van der Waals surface area contributed by atoms with Crippen molar-refractivity contribution in [3.8, 4) is 28.4 Å². The Morgan fingerprint density at radius 1 is 0.840 bits per heavy atom. The van der Waals surface area contributed by atoms with E-state index in [1.807, 2.05) is 42.5 Å². The van der Waals surface area contributed by atoms with Crippen LogP contribution < -0.4 is 4.74 Å². The van der Waals surface area contributed by atoms with Gasteiger partial charge in [-0.1, -0.05) is 42.5 Å². The Kier molecular flexibility index (Phi) is 3.88. The molecule has 0 saturated heterocycles. The van der Waals surface area contributed by atoms with Gasteiger partial charge >= 0.3 is 5.97 Å². The first-order valence-corrected chi connectivity index (χ1v) is 7.66. The number of benzene rings is 2. The van der Waals surface area contributed by atoms with Crippen molar-refractivity contribution >= 4 is 5.97 Å². The van der Waals surface area contributed by atoms with Crippen molar-refractivity contribution in [2.75, 3.05) is 0 Å². The maximum absolute atomic E-state index is 12.4. The molecule has 0 bridgehead atoms. The molecule has 0 N–H and O–H groups in total. The predicted octanol–water partition coefficient (Wildman–Crippen LogP) is 4.82. The summed E-state index contributed by atoms with van der Waals surface area (Å²) in [5.41, 5.74) is 2.21. The summed E-state index contributed by atoms with van der Waals surface area (Å²) >= 11 is 0. The van der Waals surface area contributed by atoms with Gasteiger partial charge in [-0.3, -0.25) is 0 Å². The Balaban J connectivity index is 1.53. The van der Waals surface area contributed by atoms with E-state index in [0.717, 1.165) is 11.1 Å². The molecule has 0 aliphatic carbocycles. The Labute approximate surface area is 143 Å². The van der Waals surface area contributed by atoms with Crippen molar-refractivity contribution in [2.45, 2.75) is 0 Å². The molecule has 25 heavy (non-hydrogen) atoms. The van der Waals surface area contributed by atoms with Crippen LogP contribution in [0.5, 0.6) is 5.75 Å². The minimum absolute atomic E-state index is 0.0714. The molecule has 0 radical (unpaired) electrons. The summed E-state index contributed by atoms with van der Waals surface area (Å²) in [7, 11) is 0. The smallest absolute Gasteiger partial charge is 0.366 e. The quantitative estimate of drug-likeness (QED) is 0.396. The van der Waals surface area contributed by atoms with Crippen LogP contribution in [0, 0.1) is 0 Å². The van der Waals surface area contributed by atoms with Gasteiger partial charge in [0.1, 0.15) is 5.75 Å². The van der Waals surface area contributed by atoms with E-state index in [2.05, 4.69) is 4.98 Å². The molecule has 2 aromatic carbocycles. The van der Waals surface area contributed by atoms with Crippen LogP contribution in [0.1, 0.15) is 10.5 Å². The fourth-order valence-corrected chi connectivity index (χ4v) is 2.48. The van der Waals surface area contributed by atoms with E-state index in [4.69, 9.17) is 13.6 Å². The topological polar surface area (TPSA) is 65.5 Å². The zero-order valence-corrected chi connectivity index (χ0v) is 13.1. The van der Waals surface area contributed by atoms with Crippen LogP contribution in [0.3, 0.4) is 0 Å². The fourth-order valence-electron chi connectivity index (χ4n) is 2.48. The Bertz CT molecular complexity index is 970. The molecule has 0 atom stereocenters. The molecule has 0 aliphatic heterocycles. The summed E-state index contributed by atoms with van der Waals surface area (Å²) in [4.78, 5) is 16.3. The zero-order chi connectivity index (χ0) is 17.1. The van der Waals surface area contributed by atoms with Gasteiger partial charge in [0.25, 0.3) is 0 Å². The molecule has 122 valence electrons. The molecule has 0 unspecified atom stereocenters. The minimum atomic E-state index is -0.604.